The molecule has 2 heterocycles. The van der Waals surface area contributed by atoms with Gasteiger partial charge in [0.15, 0.2) is 5.65 Å². The molecule has 3 aromatic rings. The van der Waals surface area contributed by atoms with Crippen molar-refractivity contribution in [2.75, 3.05) is 5.73 Å². The average Bonchev–Trinajstić information content (AvgIpc) is 2.77. The zero-order chi connectivity index (χ0) is 12.5. The van der Waals surface area contributed by atoms with E-state index in [0.29, 0.717) is 27.8 Å². The van der Waals surface area contributed by atoms with Crippen LogP contribution in [0, 0.1) is 0 Å². The molecule has 0 saturated carbocycles. The maximum Gasteiger partial charge on any atom is 0.250 e. The summed E-state index contributed by atoms with van der Waals surface area (Å²) in [5.41, 5.74) is 6.63. The molecule has 0 saturated heterocycles. The van der Waals surface area contributed by atoms with Gasteiger partial charge in [0.25, 0.3) is 5.88 Å². The topological polar surface area (TPSA) is 89.7 Å². The molecule has 3 rings (SSSR count). The van der Waals surface area contributed by atoms with Crippen molar-refractivity contribution >= 4 is 28.7 Å². The van der Waals surface area contributed by atoms with E-state index in [1.807, 2.05) is 0 Å². The van der Waals surface area contributed by atoms with E-state index in [-0.39, 0.29) is 5.95 Å². The fourth-order valence-electron chi connectivity index (χ4n) is 1.54. The maximum atomic E-state index is 5.88. The molecule has 0 atom stereocenters. The summed E-state index contributed by atoms with van der Waals surface area (Å²) < 4.78 is 5.62. The summed E-state index contributed by atoms with van der Waals surface area (Å²) >= 11 is 5.88. The Labute approximate surface area is 107 Å². The number of rotatable bonds is 2. The summed E-state index contributed by atoms with van der Waals surface area (Å²) in [4.78, 5) is 14.9. The van der Waals surface area contributed by atoms with E-state index < -0.39 is 0 Å². The Kier molecular flexibility index (Phi) is 2.49. The highest BCUT2D eigenvalue weighted by atomic mass is 35.5. The van der Waals surface area contributed by atoms with Gasteiger partial charge in [0, 0.05) is 5.02 Å². The maximum absolute atomic E-state index is 5.88. The molecular formula is C11H8ClN5O. The van der Waals surface area contributed by atoms with Crippen molar-refractivity contribution in [2.24, 2.45) is 0 Å². The first-order valence-corrected chi connectivity index (χ1v) is 5.50. The van der Waals surface area contributed by atoms with E-state index >= 15 is 0 Å². The quantitative estimate of drug-likeness (QED) is 0.739. The first-order valence-electron chi connectivity index (χ1n) is 5.12. The fourth-order valence-corrected chi connectivity index (χ4v) is 1.72. The van der Waals surface area contributed by atoms with Crippen molar-refractivity contribution in [1.29, 1.82) is 0 Å². The Morgan fingerprint density at radius 2 is 2.17 bits per heavy atom. The van der Waals surface area contributed by atoms with Gasteiger partial charge in [-0.05, 0) is 18.2 Å². The summed E-state index contributed by atoms with van der Waals surface area (Å²) in [6.07, 6.45) is 1.50. The van der Waals surface area contributed by atoms with E-state index in [1.54, 1.807) is 24.3 Å². The lowest BCUT2D eigenvalue weighted by Crippen LogP contribution is -1.98. The molecule has 0 bridgehead atoms. The third kappa shape index (κ3) is 1.93. The minimum atomic E-state index is 0.103. The molecule has 90 valence electrons. The first-order chi connectivity index (χ1) is 8.72. The Hall–Kier alpha value is -2.34. The highest BCUT2D eigenvalue weighted by Gasteiger charge is 2.10. The van der Waals surface area contributed by atoms with E-state index in [0.717, 1.165) is 0 Å². The number of nitrogens with two attached hydrogens (primary N) is 1. The molecular weight excluding hydrogens is 254 g/mol. The average molecular weight is 262 g/mol. The SMILES string of the molecule is Nc1nc(Oc2cccc(Cl)c2)c2[nH]cnc2n1. The van der Waals surface area contributed by atoms with Gasteiger partial charge in [-0.1, -0.05) is 17.7 Å². The first kappa shape index (κ1) is 10.8. The molecule has 0 aliphatic carbocycles. The number of nitrogen functional groups attached to an aromatic ring is 1. The van der Waals surface area contributed by atoms with Crippen molar-refractivity contribution < 1.29 is 4.74 Å². The minimum absolute atomic E-state index is 0.103. The van der Waals surface area contributed by atoms with Gasteiger partial charge in [-0.25, -0.2) is 4.98 Å². The van der Waals surface area contributed by atoms with Crippen LogP contribution in [0.5, 0.6) is 11.6 Å². The molecule has 0 aliphatic heterocycles. The van der Waals surface area contributed by atoms with Crippen LogP contribution in [0.2, 0.25) is 5.02 Å². The molecule has 7 heteroatoms. The third-order valence-corrected chi connectivity index (χ3v) is 2.52. The predicted molar refractivity (Wildman–Crippen MR) is 67.6 cm³/mol. The molecule has 0 aliphatic rings. The molecule has 0 radical (unpaired) electrons. The number of fused-ring (bicyclic) bond motifs is 1. The lowest BCUT2D eigenvalue weighted by Gasteiger charge is -2.05. The summed E-state index contributed by atoms with van der Waals surface area (Å²) in [7, 11) is 0. The second kappa shape index (κ2) is 4.15. The van der Waals surface area contributed by atoms with Gasteiger partial charge in [-0.15, -0.1) is 0 Å². The lowest BCUT2D eigenvalue weighted by atomic mass is 10.3. The lowest BCUT2D eigenvalue weighted by molar-refractivity contribution is 0.468. The number of nitrogens with zero attached hydrogens (tertiary/aromatic N) is 3. The molecule has 1 aromatic carbocycles. The molecule has 0 unspecified atom stereocenters. The number of imidazole rings is 1. The van der Waals surface area contributed by atoms with Crippen LogP contribution in [0.3, 0.4) is 0 Å². The molecule has 2 aromatic heterocycles. The van der Waals surface area contributed by atoms with Crippen LogP contribution in [0.15, 0.2) is 30.6 Å². The molecule has 0 spiro atoms. The number of aromatic nitrogens is 4. The third-order valence-electron chi connectivity index (χ3n) is 2.28. The van der Waals surface area contributed by atoms with Gasteiger partial charge in [0.2, 0.25) is 5.95 Å². The van der Waals surface area contributed by atoms with Gasteiger partial charge < -0.3 is 15.5 Å². The van der Waals surface area contributed by atoms with Gasteiger partial charge in [0.1, 0.15) is 11.3 Å². The summed E-state index contributed by atoms with van der Waals surface area (Å²) in [6, 6.07) is 7.00. The van der Waals surface area contributed by atoms with Crippen LogP contribution in [0.1, 0.15) is 0 Å². The fraction of sp³-hybridized carbons (Fsp3) is 0. The van der Waals surface area contributed by atoms with Crippen molar-refractivity contribution in [2.45, 2.75) is 0 Å². The summed E-state index contributed by atoms with van der Waals surface area (Å²) in [5, 5.41) is 0.579. The summed E-state index contributed by atoms with van der Waals surface area (Å²) in [5.74, 6) is 0.986. The van der Waals surface area contributed by atoms with Crippen molar-refractivity contribution in [1.82, 2.24) is 19.9 Å². The molecule has 0 fully saturated rings. The number of nitrogens with one attached hydrogen (secondary N) is 1. The minimum Gasteiger partial charge on any atom is -0.437 e. The smallest absolute Gasteiger partial charge is 0.250 e. The van der Waals surface area contributed by atoms with Crippen LogP contribution < -0.4 is 10.5 Å². The standard InChI is InChI=1S/C11H8ClN5O/c12-6-2-1-3-7(4-6)18-10-8-9(15-5-14-8)16-11(13)17-10/h1-5H,(H3,13,14,15,16,17). The molecule has 6 nitrogen and oxygen atoms in total. The van der Waals surface area contributed by atoms with Crippen LogP contribution in [0.4, 0.5) is 5.95 Å². The van der Waals surface area contributed by atoms with Gasteiger partial charge in [0.05, 0.1) is 6.33 Å². The van der Waals surface area contributed by atoms with E-state index in [1.165, 1.54) is 6.33 Å². The largest absolute Gasteiger partial charge is 0.437 e. The Morgan fingerprint density at radius 3 is 3.00 bits per heavy atom. The van der Waals surface area contributed by atoms with Crippen molar-refractivity contribution in [3.63, 3.8) is 0 Å². The second-order valence-electron chi connectivity index (χ2n) is 3.55. The predicted octanol–water partition coefficient (Wildman–Crippen LogP) is 2.38. The highest BCUT2D eigenvalue weighted by molar-refractivity contribution is 6.30. The van der Waals surface area contributed by atoms with E-state index in [2.05, 4.69) is 19.9 Å². The van der Waals surface area contributed by atoms with Crippen molar-refractivity contribution in [3.8, 4) is 11.6 Å². The second-order valence-corrected chi connectivity index (χ2v) is 3.98. The number of aromatic amines is 1. The molecule has 3 N–H and O–H groups in total. The van der Waals surface area contributed by atoms with Gasteiger partial charge in [-0.3, -0.25) is 0 Å². The molecule has 18 heavy (non-hydrogen) atoms. The zero-order valence-corrected chi connectivity index (χ0v) is 9.85. The number of anilines is 1. The number of halogens is 1. The number of benzene rings is 1. The number of hydrogen-bond donors (Lipinski definition) is 2. The van der Waals surface area contributed by atoms with Gasteiger partial charge >= 0.3 is 0 Å². The number of hydrogen-bond acceptors (Lipinski definition) is 5. The van der Waals surface area contributed by atoms with Crippen LogP contribution in [-0.2, 0) is 0 Å². The Morgan fingerprint density at radius 1 is 1.28 bits per heavy atom. The molecule has 0 amide bonds. The van der Waals surface area contributed by atoms with E-state index in [4.69, 9.17) is 22.1 Å². The van der Waals surface area contributed by atoms with Crippen LogP contribution in [-0.4, -0.2) is 19.9 Å². The summed E-state index contributed by atoms with van der Waals surface area (Å²) in [6.45, 7) is 0. The number of ether oxygens (including phenoxy) is 1. The van der Waals surface area contributed by atoms with Gasteiger partial charge in [-0.2, -0.15) is 9.97 Å². The Balaban J connectivity index is 2.06. The van der Waals surface area contributed by atoms with Crippen LogP contribution >= 0.6 is 11.6 Å². The zero-order valence-electron chi connectivity index (χ0n) is 9.09. The Bertz CT molecular complexity index is 711. The van der Waals surface area contributed by atoms with Crippen LogP contribution in [0.25, 0.3) is 11.2 Å². The normalized spacial score (nSPS) is 10.7. The van der Waals surface area contributed by atoms with E-state index in [9.17, 15) is 0 Å². The number of H-pyrrole nitrogens is 1. The highest BCUT2D eigenvalue weighted by Crippen LogP contribution is 2.27. The van der Waals surface area contributed by atoms with Crippen molar-refractivity contribution in [3.05, 3.63) is 35.6 Å². The monoisotopic (exact) mass is 261 g/mol.